The van der Waals surface area contributed by atoms with Gasteiger partial charge in [0.1, 0.15) is 11.5 Å². The Morgan fingerprint density at radius 3 is 2.65 bits per heavy atom. The van der Waals surface area contributed by atoms with Crippen LogP contribution >= 0.6 is 0 Å². The number of fused-ring (bicyclic) bond motifs is 1. The molecule has 4 heteroatoms. The maximum Gasteiger partial charge on any atom is 0.252 e. The number of carbonyl (C=O) groups is 1. The Morgan fingerprint density at radius 1 is 1.17 bits per heavy atom. The second kappa shape index (κ2) is 6.26. The number of rotatable bonds is 4. The number of furan rings is 1. The van der Waals surface area contributed by atoms with Crippen molar-refractivity contribution < 1.29 is 14.3 Å². The Hall–Kier alpha value is -2.59. The SMILES string of the molecule is Cc1cc(C(O)CNC(=O)c2cccc3ccccc23)c(C)o1. The highest BCUT2D eigenvalue weighted by molar-refractivity contribution is 6.07. The lowest BCUT2D eigenvalue weighted by Gasteiger charge is -2.12. The minimum Gasteiger partial charge on any atom is -0.466 e. The van der Waals surface area contributed by atoms with Crippen LogP contribution in [0.15, 0.2) is 52.9 Å². The van der Waals surface area contributed by atoms with Gasteiger partial charge in [-0.25, -0.2) is 0 Å². The molecule has 1 unspecified atom stereocenters. The number of aliphatic hydroxyl groups is 1. The third-order valence-corrected chi connectivity index (χ3v) is 3.93. The monoisotopic (exact) mass is 309 g/mol. The van der Waals surface area contributed by atoms with Crippen LogP contribution in [-0.2, 0) is 0 Å². The summed E-state index contributed by atoms with van der Waals surface area (Å²) in [6, 6.07) is 15.2. The van der Waals surface area contributed by atoms with Crippen molar-refractivity contribution in [3.8, 4) is 0 Å². The molecular weight excluding hydrogens is 290 g/mol. The maximum atomic E-state index is 12.4. The molecule has 1 amide bonds. The molecule has 0 fully saturated rings. The van der Waals surface area contributed by atoms with Gasteiger partial charge in [0.15, 0.2) is 0 Å². The van der Waals surface area contributed by atoms with Gasteiger partial charge in [-0.1, -0.05) is 36.4 Å². The first-order chi connectivity index (χ1) is 11.1. The lowest BCUT2D eigenvalue weighted by atomic mass is 10.0. The summed E-state index contributed by atoms with van der Waals surface area (Å²) < 4.78 is 5.41. The zero-order valence-electron chi connectivity index (χ0n) is 13.2. The van der Waals surface area contributed by atoms with Crippen molar-refractivity contribution in [3.63, 3.8) is 0 Å². The molecule has 23 heavy (non-hydrogen) atoms. The van der Waals surface area contributed by atoms with Crippen LogP contribution in [0.1, 0.15) is 33.5 Å². The van der Waals surface area contributed by atoms with Crippen LogP contribution in [0.5, 0.6) is 0 Å². The molecule has 0 aliphatic rings. The van der Waals surface area contributed by atoms with Crippen LogP contribution in [0.3, 0.4) is 0 Å². The number of amides is 1. The van der Waals surface area contributed by atoms with E-state index < -0.39 is 6.10 Å². The van der Waals surface area contributed by atoms with Gasteiger partial charge < -0.3 is 14.8 Å². The Kier molecular flexibility index (Phi) is 4.17. The first-order valence-electron chi connectivity index (χ1n) is 7.57. The quantitative estimate of drug-likeness (QED) is 0.775. The molecule has 2 N–H and O–H groups in total. The second-order valence-electron chi connectivity index (χ2n) is 5.62. The van der Waals surface area contributed by atoms with E-state index in [0.29, 0.717) is 16.9 Å². The number of aliphatic hydroxyl groups excluding tert-OH is 1. The fourth-order valence-electron chi connectivity index (χ4n) is 2.80. The minimum atomic E-state index is -0.786. The molecule has 1 atom stereocenters. The molecule has 1 aromatic heterocycles. The second-order valence-corrected chi connectivity index (χ2v) is 5.62. The molecule has 0 spiro atoms. The van der Waals surface area contributed by atoms with E-state index in [-0.39, 0.29) is 12.5 Å². The summed E-state index contributed by atoms with van der Waals surface area (Å²) >= 11 is 0. The number of carbonyl (C=O) groups excluding carboxylic acids is 1. The van der Waals surface area contributed by atoms with E-state index in [1.54, 1.807) is 19.1 Å². The maximum absolute atomic E-state index is 12.4. The summed E-state index contributed by atoms with van der Waals surface area (Å²) in [6.07, 6.45) is -0.786. The number of hydrogen-bond acceptors (Lipinski definition) is 3. The predicted molar refractivity (Wildman–Crippen MR) is 89.4 cm³/mol. The van der Waals surface area contributed by atoms with E-state index in [9.17, 15) is 9.90 Å². The standard InChI is InChI=1S/C19H19NO3/c1-12-10-17(13(2)23-12)18(21)11-20-19(22)16-9-5-7-14-6-3-4-8-15(14)16/h3-10,18,21H,11H2,1-2H3,(H,20,22). The van der Waals surface area contributed by atoms with E-state index in [1.807, 2.05) is 43.3 Å². The van der Waals surface area contributed by atoms with Gasteiger partial charge in [-0.2, -0.15) is 0 Å². The number of nitrogens with one attached hydrogen (secondary N) is 1. The summed E-state index contributed by atoms with van der Waals surface area (Å²) in [5.74, 6) is 1.23. The normalized spacial score (nSPS) is 12.3. The Bertz CT molecular complexity index is 845. The van der Waals surface area contributed by atoms with Gasteiger partial charge in [0.05, 0.1) is 6.10 Å². The van der Waals surface area contributed by atoms with Crippen molar-refractivity contribution in [1.29, 1.82) is 0 Å². The Morgan fingerprint density at radius 2 is 1.91 bits per heavy atom. The van der Waals surface area contributed by atoms with Gasteiger partial charge in [-0.05, 0) is 36.8 Å². The molecule has 0 radical (unpaired) electrons. The third kappa shape index (κ3) is 3.12. The van der Waals surface area contributed by atoms with E-state index in [4.69, 9.17) is 4.42 Å². The number of aryl methyl sites for hydroxylation is 2. The average Bonchev–Trinajstić information content (AvgIpc) is 2.90. The predicted octanol–water partition coefficient (Wildman–Crippen LogP) is 3.51. The molecule has 0 aliphatic heterocycles. The van der Waals surface area contributed by atoms with Gasteiger partial charge in [-0.3, -0.25) is 4.79 Å². The zero-order valence-corrected chi connectivity index (χ0v) is 13.2. The average molecular weight is 309 g/mol. The summed E-state index contributed by atoms with van der Waals surface area (Å²) in [6.45, 7) is 3.78. The van der Waals surface area contributed by atoms with Gasteiger partial charge in [0, 0.05) is 17.7 Å². The van der Waals surface area contributed by atoms with Crippen molar-refractivity contribution in [1.82, 2.24) is 5.32 Å². The third-order valence-electron chi connectivity index (χ3n) is 3.93. The van der Waals surface area contributed by atoms with Crippen molar-refractivity contribution in [3.05, 3.63) is 71.2 Å². The van der Waals surface area contributed by atoms with Crippen LogP contribution < -0.4 is 5.32 Å². The Labute approximate surface area is 134 Å². The fourth-order valence-corrected chi connectivity index (χ4v) is 2.80. The fraction of sp³-hybridized carbons (Fsp3) is 0.211. The summed E-state index contributed by atoms with van der Waals surface area (Å²) in [5.41, 5.74) is 1.32. The summed E-state index contributed by atoms with van der Waals surface area (Å²) in [4.78, 5) is 12.4. The first-order valence-corrected chi connectivity index (χ1v) is 7.57. The topological polar surface area (TPSA) is 62.5 Å². The van der Waals surface area contributed by atoms with Crippen LogP contribution in [0.25, 0.3) is 10.8 Å². The highest BCUT2D eigenvalue weighted by Gasteiger charge is 2.16. The van der Waals surface area contributed by atoms with Crippen molar-refractivity contribution >= 4 is 16.7 Å². The number of hydrogen-bond donors (Lipinski definition) is 2. The first kappa shape index (κ1) is 15.3. The Balaban J connectivity index is 1.75. The largest absolute Gasteiger partial charge is 0.466 e. The van der Waals surface area contributed by atoms with Crippen molar-refractivity contribution in [2.45, 2.75) is 20.0 Å². The van der Waals surface area contributed by atoms with Crippen molar-refractivity contribution in [2.24, 2.45) is 0 Å². The van der Waals surface area contributed by atoms with Crippen LogP contribution in [0.2, 0.25) is 0 Å². The van der Waals surface area contributed by atoms with Gasteiger partial charge in [-0.15, -0.1) is 0 Å². The molecular formula is C19H19NO3. The van der Waals surface area contributed by atoms with Gasteiger partial charge >= 0.3 is 0 Å². The summed E-state index contributed by atoms with van der Waals surface area (Å²) in [7, 11) is 0. The van der Waals surface area contributed by atoms with E-state index in [0.717, 1.165) is 16.5 Å². The van der Waals surface area contributed by atoms with E-state index in [1.165, 1.54) is 0 Å². The molecule has 0 bridgehead atoms. The molecule has 3 rings (SSSR count). The zero-order chi connectivity index (χ0) is 16.4. The minimum absolute atomic E-state index is 0.141. The highest BCUT2D eigenvalue weighted by atomic mass is 16.3. The van der Waals surface area contributed by atoms with E-state index in [2.05, 4.69) is 5.32 Å². The van der Waals surface area contributed by atoms with Crippen LogP contribution in [0.4, 0.5) is 0 Å². The molecule has 0 aliphatic carbocycles. The van der Waals surface area contributed by atoms with E-state index >= 15 is 0 Å². The van der Waals surface area contributed by atoms with Crippen molar-refractivity contribution in [2.75, 3.05) is 6.54 Å². The molecule has 2 aromatic carbocycles. The molecule has 0 saturated heterocycles. The number of benzene rings is 2. The lowest BCUT2D eigenvalue weighted by Crippen LogP contribution is -2.28. The molecule has 3 aromatic rings. The lowest BCUT2D eigenvalue weighted by molar-refractivity contribution is 0.0917. The van der Waals surface area contributed by atoms with Gasteiger partial charge in [0.25, 0.3) is 5.91 Å². The molecule has 1 heterocycles. The molecule has 118 valence electrons. The smallest absolute Gasteiger partial charge is 0.252 e. The molecule has 4 nitrogen and oxygen atoms in total. The van der Waals surface area contributed by atoms with Crippen LogP contribution in [0, 0.1) is 13.8 Å². The van der Waals surface area contributed by atoms with Crippen LogP contribution in [-0.4, -0.2) is 17.6 Å². The molecule has 0 saturated carbocycles. The highest BCUT2D eigenvalue weighted by Crippen LogP contribution is 2.22. The van der Waals surface area contributed by atoms with Gasteiger partial charge in [0.2, 0.25) is 0 Å². The summed E-state index contributed by atoms with van der Waals surface area (Å²) in [5, 5.41) is 15.0.